The van der Waals surface area contributed by atoms with Gasteiger partial charge in [-0.1, -0.05) is 200 Å². The van der Waals surface area contributed by atoms with Crippen LogP contribution in [0.25, 0.3) is 32.7 Å². The Bertz CT molecular complexity index is 3680. The number of hydrogen-bond acceptors (Lipinski definition) is 3. The molecule has 0 amide bonds. The van der Waals surface area contributed by atoms with E-state index < -0.39 is 0 Å². The first kappa shape index (κ1) is 45.9. The van der Waals surface area contributed by atoms with E-state index in [1.54, 1.807) is 0 Å². The number of rotatable bonds is 13. The van der Waals surface area contributed by atoms with Gasteiger partial charge >= 0.3 is 0 Å². The fraction of sp³-hybridized carbons (Fsp3) is 0.0704. The van der Waals surface area contributed by atoms with Crippen LogP contribution in [0.5, 0.6) is 0 Å². The number of aryl methyl sites for hydroxylation is 2. The number of fused-ring (bicyclic) bond motifs is 2. The topological polar surface area (TPSA) is 9.72 Å². The van der Waals surface area contributed by atoms with Crippen LogP contribution < -0.4 is 14.7 Å². The van der Waals surface area contributed by atoms with Gasteiger partial charge in [-0.05, 0) is 155 Å². The van der Waals surface area contributed by atoms with Crippen molar-refractivity contribution in [3.63, 3.8) is 0 Å². The zero-order chi connectivity index (χ0) is 49.8. The summed E-state index contributed by atoms with van der Waals surface area (Å²) in [7, 11) is 0. The van der Waals surface area contributed by atoms with Gasteiger partial charge in [-0.15, -0.1) is 0 Å². The molecule has 3 heteroatoms. The maximum absolute atomic E-state index is 2.57. The minimum absolute atomic E-state index is 0.125. The lowest BCUT2D eigenvalue weighted by Gasteiger charge is -2.35. The molecule has 3 nitrogen and oxygen atoms in total. The van der Waals surface area contributed by atoms with Crippen molar-refractivity contribution < 1.29 is 0 Å². The van der Waals surface area contributed by atoms with E-state index in [9.17, 15) is 0 Å². The summed E-state index contributed by atoms with van der Waals surface area (Å²) < 4.78 is 0. The van der Waals surface area contributed by atoms with Gasteiger partial charge < -0.3 is 14.7 Å². The third kappa shape index (κ3) is 8.84. The number of nitrogens with zero attached hydrogens (tertiary/aromatic N) is 3. The number of para-hydroxylation sites is 3. The average Bonchev–Trinajstić information content (AvgIpc) is 3.46. The number of allylic oxidation sites excluding steroid dienone is 2. The van der Waals surface area contributed by atoms with E-state index in [0.29, 0.717) is 0 Å². The van der Waals surface area contributed by atoms with Gasteiger partial charge in [0.05, 0.1) is 11.7 Å². The van der Waals surface area contributed by atoms with Crippen LogP contribution in [-0.4, -0.2) is 6.04 Å². The second kappa shape index (κ2) is 20.5. The molecule has 1 aliphatic rings. The van der Waals surface area contributed by atoms with E-state index in [-0.39, 0.29) is 12.0 Å². The van der Waals surface area contributed by atoms with Gasteiger partial charge in [0.1, 0.15) is 0 Å². The molecule has 11 aromatic carbocycles. The van der Waals surface area contributed by atoms with Gasteiger partial charge in [0.2, 0.25) is 0 Å². The van der Waals surface area contributed by atoms with E-state index in [0.717, 1.165) is 40.5 Å². The summed E-state index contributed by atoms with van der Waals surface area (Å²) in [5.41, 5.74) is 17.8. The van der Waals surface area contributed by atoms with Crippen LogP contribution in [0.15, 0.2) is 285 Å². The van der Waals surface area contributed by atoms with Gasteiger partial charge in [0.25, 0.3) is 0 Å². The van der Waals surface area contributed by atoms with E-state index in [1.165, 1.54) is 71.9 Å². The quantitative estimate of drug-likeness (QED) is 0.107. The Hall–Kier alpha value is -9.18. The molecule has 0 aliphatic heterocycles. The lowest BCUT2D eigenvalue weighted by Crippen LogP contribution is -2.30. The highest BCUT2D eigenvalue weighted by atomic mass is 15.2. The fourth-order valence-electron chi connectivity index (χ4n) is 11.4. The van der Waals surface area contributed by atoms with Crippen LogP contribution in [0.4, 0.5) is 45.5 Å². The Balaban J connectivity index is 0.975. The van der Waals surface area contributed by atoms with Crippen LogP contribution in [0.2, 0.25) is 0 Å². The summed E-state index contributed by atoms with van der Waals surface area (Å²) in [6.45, 7) is 4.60. The summed E-state index contributed by atoms with van der Waals surface area (Å²) in [6, 6.07) is 95.2. The first-order valence-electron chi connectivity index (χ1n) is 25.8. The van der Waals surface area contributed by atoms with Crippen molar-refractivity contribution in [3.05, 3.63) is 313 Å². The maximum atomic E-state index is 2.57. The molecule has 0 radical (unpaired) electrons. The fourth-order valence-corrected chi connectivity index (χ4v) is 11.4. The molecule has 12 rings (SSSR count). The normalized spacial score (nSPS) is 13.1. The molecule has 0 aromatic heterocycles. The highest BCUT2D eigenvalue weighted by Crippen LogP contribution is 2.49. The van der Waals surface area contributed by atoms with Crippen LogP contribution in [0.1, 0.15) is 40.2 Å². The first-order chi connectivity index (χ1) is 36.6. The van der Waals surface area contributed by atoms with Gasteiger partial charge in [0.15, 0.2) is 0 Å². The molecule has 74 heavy (non-hydrogen) atoms. The highest BCUT2D eigenvalue weighted by molar-refractivity contribution is 6.14. The molecule has 1 atom stereocenters. The maximum Gasteiger partial charge on any atom is 0.0560 e. The molecular formula is C71H57N3. The van der Waals surface area contributed by atoms with Crippen molar-refractivity contribution in [1.82, 2.24) is 0 Å². The van der Waals surface area contributed by atoms with Crippen molar-refractivity contribution in [3.8, 4) is 11.1 Å². The second-order valence-corrected chi connectivity index (χ2v) is 19.3. The Morgan fingerprint density at radius 1 is 0.338 bits per heavy atom. The van der Waals surface area contributed by atoms with E-state index >= 15 is 0 Å². The van der Waals surface area contributed by atoms with Crippen molar-refractivity contribution in [2.75, 3.05) is 14.7 Å². The number of benzene rings is 11. The predicted octanol–water partition coefficient (Wildman–Crippen LogP) is 19.4. The summed E-state index contributed by atoms with van der Waals surface area (Å²) in [5, 5.41) is 4.88. The van der Waals surface area contributed by atoms with Gasteiger partial charge in [-0.3, -0.25) is 0 Å². The minimum atomic E-state index is 0.125. The van der Waals surface area contributed by atoms with E-state index in [1.807, 2.05) is 0 Å². The molecule has 0 bridgehead atoms. The van der Waals surface area contributed by atoms with Crippen LogP contribution in [0, 0.1) is 13.8 Å². The van der Waals surface area contributed by atoms with Crippen LogP contribution in [0.3, 0.4) is 0 Å². The summed E-state index contributed by atoms with van der Waals surface area (Å²) in [5.74, 6) is 0.125. The smallest absolute Gasteiger partial charge is 0.0560 e. The lowest BCUT2D eigenvalue weighted by molar-refractivity contribution is 0.786. The van der Waals surface area contributed by atoms with Crippen molar-refractivity contribution in [1.29, 1.82) is 0 Å². The summed E-state index contributed by atoms with van der Waals surface area (Å²) in [6.07, 6.45) is 9.94. The van der Waals surface area contributed by atoms with Crippen molar-refractivity contribution in [2.24, 2.45) is 0 Å². The van der Waals surface area contributed by atoms with Gasteiger partial charge in [-0.2, -0.15) is 0 Å². The third-order valence-electron chi connectivity index (χ3n) is 14.7. The largest absolute Gasteiger partial charge is 0.334 e. The van der Waals surface area contributed by atoms with E-state index in [2.05, 4.69) is 314 Å². The highest BCUT2D eigenvalue weighted by Gasteiger charge is 2.27. The Morgan fingerprint density at radius 3 is 1.18 bits per heavy atom. The van der Waals surface area contributed by atoms with Crippen molar-refractivity contribution in [2.45, 2.75) is 32.2 Å². The zero-order valence-electron chi connectivity index (χ0n) is 41.8. The van der Waals surface area contributed by atoms with E-state index in [4.69, 9.17) is 0 Å². The Morgan fingerprint density at radius 2 is 0.703 bits per heavy atom. The molecule has 0 fully saturated rings. The summed E-state index contributed by atoms with van der Waals surface area (Å²) in [4.78, 5) is 7.30. The lowest BCUT2D eigenvalue weighted by atomic mass is 9.85. The average molecular weight is 952 g/mol. The SMILES string of the molecule is Cc1cc(N(c2ccccc2)c2ccc(N(c3ccccc3)c3ccccc3)cc2)c2ccccc2c1-c1c(C)cc(N(c2ccc(C(c3ccccc3)c3ccccc3)cc2)C2C=CC=CC2)c2ccccc12. The standard InChI is InChI=1S/C71H57N3/c1-51-49-67(73(58-33-17-7-18-34-58)61-43-41-55(42-44-61)71(53-25-9-3-10-26-53)54-27-11-4-12-28-54)63-37-21-23-39-65(63)69(51)70-52(2)50-68(64-38-22-24-40-66(64)70)74(59-35-19-8-20-36-59)62-47-45-60(46-48-62)72(56-29-13-5-14-30-56)57-31-15-6-16-32-57/h3-33,35-50,58,71H,34H2,1-2H3. The predicted molar refractivity (Wildman–Crippen MR) is 315 cm³/mol. The molecule has 0 heterocycles. The molecule has 1 unspecified atom stereocenters. The van der Waals surface area contributed by atoms with Gasteiger partial charge in [-0.25, -0.2) is 0 Å². The molecule has 0 N–H and O–H groups in total. The summed E-state index contributed by atoms with van der Waals surface area (Å²) >= 11 is 0. The Kier molecular flexibility index (Phi) is 12.7. The molecule has 11 aromatic rings. The Labute approximate surface area is 435 Å². The zero-order valence-corrected chi connectivity index (χ0v) is 41.8. The minimum Gasteiger partial charge on any atom is -0.334 e. The number of hydrogen-bond donors (Lipinski definition) is 0. The van der Waals surface area contributed by atoms with Crippen LogP contribution >= 0.6 is 0 Å². The molecule has 0 spiro atoms. The molecule has 0 saturated heterocycles. The molecule has 356 valence electrons. The number of anilines is 8. The van der Waals surface area contributed by atoms with Gasteiger partial charge in [0, 0.05) is 56.5 Å². The molecule has 0 saturated carbocycles. The van der Waals surface area contributed by atoms with Crippen molar-refractivity contribution >= 4 is 67.0 Å². The monoisotopic (exact) mass is 951 g/mol. The second-order valence-electron chi connectivity index (χ2n) is 19.3. The third-order valence-corrected chi connectivity index (χ3v) is 14.7. The molecular weight excluding hydrogens is 895 g/mol. The first-order valence-corrected chi connectivity index (χ1v) is 25.8. The van der Waals surface area contributed by atoms with Crippen LogP contribution in [-0.2, 0) is 0 Å². The molecule has 1 aliphatic carbocycles.